The molecule has 2 N–H and O–H groups in total. The van der Waals surface area contributed by atoms with E-state index in [0.29, 0.717) is 5.92 Å². The van der Waals surface area contributed by atoms with Crippen LogP contribution in [0, 0.1) is 5.92 Å². The SMILES string of the molecule is CC(C)C[C@H](N)[C]=O. The van der Waals surface area contributed by atoms with Gasteiger partial charge in [0.2, 0.25) is 6.29 Å². The summed E-state index contributed by atoms with van der Waals surface area (Å²) in [5.74, 6) is 0.492. The summed E-state index contributed by atoms with van der Waals surface area (Å²) in [7, 11) is 0. The standard InChI is InChI=1S/C6H12NO/c1-5(2)3-6(7)4-8/h5-6H,3,7H2,1-2H3/t6-/m0/s1. The van der Waals surface area contributed by atoms with Gasteiger partial charge in [-0.3, -0.25) is 4.79 Å². The second-order valence-corrected chi connectivity index (χ2v) is 2.35. The zero-order valence-corrected chi connectivity index (χ0v) is 5.35. The van der Waals surface area contributed by atoms with Crippen molar-refractivity contribution in [2.24, 2.45) is 11.7 Å². The van der Waals surface area contributed by atoms with Crippen LogP contribution in [0.15, 0.2) is 0 Å². The van der Waals surface area contributed by atoms with Gasteiger partial charge in [-0.25, -0.2) is 0 Å². The van der Waals surface area contributed by atoms with Gasteiger partial charge in [-0.05, 0) is 12.3 Å². The molecular formula is C6H12NO. The van der Waals surface area contributed by atoms with E-state index in [1.54, 1.807) is 6.29 Å². The Morgan fingerprint density at radius 3 is 2.25 bits per heavy atom. The normalized spacial score (nSPS) is 14.0. The van der Waals surface area contributed by atoms with Crippen LogP contribution in [0.3, 0.4) is 0 Å². The summed E-state index contributed by atoms with van der Waals surface area (Å²) in [6.07, 6.45) is 2.46. The molecule has 0 aromatic heterocycles. The van der Waals surface area contributed by atoms with Crippen molar-refractivity contribution in [1.82, 2.24) is 0 Å². The van der Waals surface area contributed by atoms with Crippen LogP contribution in [-0.2, 0) is 4.79 Å². The summed E-state index contributed by atoms with van der Waals surface area (Å²) in [4.78, 5) is 9.79. The molecule has 1 atom stereocenters. The molecule has 0 rings (SSSR count). The Kier molecular flexibility index (Phi) is 3.44. The minimum absolute atomic E-state index is 0.380. The molecule has 2 nitrogen and oxygen atoms in total. The Morgan fingerprint density at radius 1 is 1.62 bits per heavy atom. The molecule has 0 saturated carbocycles. The van der Waals surface area contributed by atoms with Crippen LogP contribution in [0.25, 0.3) is 0 Å². The van der Waals surface area contributed by atoms with E-state index in [4.69, 9.17) is 5.73 Å². The van der Waals surface area contributed by atoms with Gasteiger partial charge in [0.15, 0.2) is 0 Å². The number of carbonyl (C=O) groups excluding carboxylic acids is 1. The van der Waals surface area contributed by atoms with Crippen molar-refractivity contribution in [3.05, 3.63) is 0 Å². The molecule has 0 amide bonds. The maximum atomic E-state index is 9.79. The minimum Gasteiger partial charge on any atom is -0.321 e. The van der Waals surface area contributed by atoms with Crippen LogP contribution < -0.4 is 5.73 Å². The summed E-state index contributed by atoms with van der Waals surface area (Å²) in [5, 5.41) is 0. The molecule has 0 saturated heterocycles. The third-order valence-corrected chi connectivity index (χ3v) is 0.877. The van der Waals surface area contributed by atoms with Crippen molar-refractivity contribution < 1.29 is 4.79 Å². The maximum Gasteiger partial charge on any atom is 0.216 e. The zero-order chi connectivity index (χ0) is 6.57. The highest BCUT2D eigenvalue weighted by Gasteiger charge is 2.02. The molecule has 0 heterocycles. The van der Waals surface area contributed by atoms with Gasteiger partial charge in [0.1, 0.15) is 0 Å². The van der Waals surface area contributed by atoms with Crippen LogP contribution in [0.4, 0.5) is 0 Å². The zero-order valence-electron chi connectivity index (χ0n) is 5.35. The molecule has 0 aromatic rings. The van der Waals surface area contributed by atoms with Crippen LogP contribution in [0.2, 0.25) is 0 Å². The number of hydrogen-bond donors (Lipinski definition) is 1. The van der Waals surface area contributed by atoms with Gasteiger partial charge in [0.05, 0.1) is 6.04 Å². The highest BCUT2D eigenvalue weighted by molar-refractivity contribution is 5.57. The van der Waals surface area contributed by atoms with E-state index in [0.717, 1.165) is 6.42 Å². The van der Waals surface area contributed by atoms with E-state index >= 15 is 0 Å². The predicted octanol–water partition coefficient (Wildman–Crippen LogP) is 0.470. The summed E-state index contributed by atoms with van der Waals surface area (Å²) >= 11 is 0. The van der Waals surface area contributed by atoms with Crippen molar-refractivity contribution in [3.8, 4) is 0 Å². The molecule has 0 aromatic carbocycles. The van der Waals surface area contributed by atoms with Crippen molar-refractivity contribution in [2.75, 3.05) is 0 Å². The van der Waals surface area contributed by atoms with E-state index in [-0.39, 0.29) is 6.04 Å². The second-order valence-electron chi connectivity index (χ2n) is 2.35. The first kappa shape index (κ1) is 7.63. The van der Waals surface area contributed by atoms with E-state index in [2.05, 4.69) is 0 Å². The molecule has 47 valence electrons. The van der Waals surface area contributed by atoms with Gasteiger partial charge < -0.3 is 5.73 Å². The third-order valence-electron chi connectivity index (χ3n) is 0.877. The smallest absolute Gasteiger partial charge is 0.216 e. The molecule has 8 heavy (non-hydrogen) atoms. The molecule has 0 aliphatic carbocycles. The maximum absolute atomic E-state index is 9.79. The Bertz CT molecular complexity index is 70.9. The Labute approximate surface area is 50.1 Å². The molecule has 0 unspecified atom stereocenters. The van der Waals surface area contributed by atoms with Crippen molar-refractivity contribution in [2.45, 2.75) is 26.3 Å². The van der Waals surface area contributed by atoms with Crippen LogP contribution in [0.1, 0.15) is 20.3 Å². The lowest BCUT2D eigenvalue weighted by atomic mass is 10.1. The Balaban J connectivity index is 3.23. The molecule has 0 fully saturated rings. The molecule has 2 heteroatoms. The van der Waals surface area contributed by atoms with Crippen molar-refractivity contribution >= 4 is 6.29 Å². The first-order chi connectivity index (χ1) is 3.66. The number of hydrogen-bond acceptors (Lipinski definition) is 2. The van der Waals surface area contributed by atoms with E-state index in [1.807, 2.05) is 13.8 Å². The molecular weight excluding hydrogens is 102 g/mol. The third kappa shape index (κ3) is 3.81. The molecule has 0 aliphatic rings. The number of nitrogens with two attached hydrogens (primary N) is 1. The highest BCUT2D eigenvalue weighted by Crippen LogP contribution is 1.99. The van der Waals surface area contributed by atoms with Gasteiger partial charge in [-0.2, -0.15) is 0 Å². The predicted molar refractivity (Wildman–Crippen MR) is 33.1 cm³/mol. The molecule has 1 radical (unpaired) electrons. The summed E-state index contributed by atoms with van der Waals surface area (Å²) in [5.41, 5.74) is 5.25. The largest absolute Gasteiger partial charge is 0.321 e. The van der Waals surface area contributed by atoms with E-state index in [9.17, 15) is 4.79 Å². The van der Waals surface area contributed by atoms with Crippen molar-refractivity contribution in [3.63, 3.8) is 0 Å². The fourth-order valence-electron chi connectivity index (χ4n) is 0.556. The molecule has 0 bridgehead atoms. The first-order valence-electron chi connectivity index (χ1n) is 2.80. The fraction of sp³-hybridized carbons (Fsp3) is 0.833. The van der Waals surface area contributed by atoms with Crippen LogP contribution in [-0.4, -0.2) is 12.3 Å². The van der Waals surface area contributed by atoms with Gasteiger partial charge in [0.25, 0.3) is 0 Å². The summed E-state index contributed by atoms with van der Waals surface area (Å²) in [6, 6.07) is -0.380. The summed E-state index contributed by atoms with van der Waals surface area (Å²) in [6.45, 7) is 4.05. The van der Waals surface area contributed by atoms with E-state index < -0.39 is 0 Å². The topological polar surface area (TPSA) is 43.1 Å². The van der Waals surface area contributed by atoms with Crippen LogP contribution >= 0.6 is 0 Å². The average molecular weight is 114 g/mol. The minimum atomic E-state index is -0.380. The quantitative estimate of drug-likeness (QED) is 0.579. The van der Waals surface area contributed by atoms with Gasteiger partial charge in [0, 0.05) is 0 Å². The van der Waals surface area contributed by atoms with Crippen LogP contribution in [0.5, 0.6) is 0 Å². The van der Waals surface area contributed by atoms with Gasteiger partial charge >= 0.3 is 0 Å². The van der Waals surface area contributed by atoms with Gasteiger partial charge in [-0.1, -0.05) is 13.8 Å². The average Bonchev–Trinajstić information content (AvgIpc) is 1.65. The Morgan fingerprint density at radius 2 is 2.12 bits per heavy atom. The first-order valence-corrected chi connectivity index (χ1v) is 2.80. The monoisotopic (exact) mass is 114 g/mol. The lowest BCUT2D eigenvalue weighted by Gasteiger charge is -2.03. The lowest BCUT2D eigenvalue weighted by Crippen LogP contribution is -2.22. The Hall–Kier alpha value is -0.370. The summed E-state index contributed by atoms with van der Waals surface area (Å²) < 4.78 is 0. The van der Waals surface area contributed by atoms with Crippen molar-refractivity contribution in [1.29, 1.82) is 0 Å². The number of rotatable bonds is 3. The fourth-order valence-corrected chi connectivity index (χ4v) is 0.556. The highest BCUT2D eigenvalue weighted by atomic mass is 16.1. The molecule has 0 aliphatic heterocycles. The van der Waals surface area contributed by atoms with Gasteiger partial charge in [-0.15, -0.1) is 0 Å². The lowest BCUT2D eigenvalue weighted by molar-refractivity contribution is 0.505. The van der Waals surface area contributed by atoms with E-state index in [1.165, 1.54) is 0 Å². The molecule has 0 spiro atoms. The second kappa shape index (κ2) is 3.61.